The number of rotatable bonds is 2. The molecule has 3 rings (SSSR count). The monoisotopic (exact) mass is 331 g/mol. The molecule has 0 atom stereocenters. The van der Waals surface area contributed by atoms with Crippen LogP contribution in [0.1, 0.15) is 15.9 Å². The normalized spacial score (nSPS) is 11.5. The van der Waals surface area contributed by atoms with E-state index in [0.717, 1.165) is 23.6 Å². The van der Waals surface area contributed by atoms with Crippen LogP contribution in [0.4, 0.5) is 24.5 Å². The Labute approximate surface area is 135 Å². The second-order valence-electron chi connectivity index (χ2n) is 5.13. The van der Waals surface area contributed by atoms with Gasteiger partial charge in [-0.15, -0.1) is 0 Å². The third-order valence-electron chi connectivity index (χ3n) is 3.50. The van der Waals surface area contributed by atoms with Gasteiger partial charge in [-0.05, 0) is 30.3 Å². The average Bonchev–Trinajstić information content (AvgIpc) is 2.54. The third kappa shape index (κ3) is 3.01. The molecule has 0 aliphatic carbocycles. The average molecular weight is 331 g/mol. The smallest absolute Gasteiger partial charge is 0.398 e. The summed E-state index contributed by atoms with van der Waals surface area (Å²) in [7, 11) is 0. The maximum atomic E-state index is 12.7. The highest BCUT2D eigenvalue weighted by Crippen LogP contribution is 2.31. The maximum absolute atomic E-state index is 12.7. The number of alkyl halides is 3. The summed E-state index contributed by atoms with van der Waals surface area (Å²) in [6.45, 7) is 0. The third-order valence-corrected chi connectivity index (χ3v) is 3.50. The van der Waals surface area contributed by atoms with Crippen LogP contribution in [0, 0.1) is 0 Å². The topological polar surface area (TPSA) is 68.0 Å². The number of amides is 1. The van der Waals surface area contributed by atoms with Crippen LogP contribution in [0.2, 0.25) is 0 Å². The lowest BCUT2D eigenvalue weighted by molar-refractivity contribution is -0.137. The fraction of sp³-hybridized carbons (Fsp3) is 0.0588. The first-order chi connectivity index (χ1) is 11.4. The van der Waals surface area contributed by atoms with Crippen LogP contribution >= 0.6 is 0 Å². The molecule has 0 aliphatic heterocycles. The van der Waals surface area contributed by atoms with Crippen molar-refractivity contribution in [3.05, 3.63) is 65.9 Å². The standard InChI is InChI=1S/C17H12F3N3O/c18-17(19,20)11-6-7-12(13(21)9-11)16(24)23-14-5-1-3-10-4-2-8-22-15(10)14/h1-9H,21H2,(H,23,24). The van der Waals surface area contributed by atoms with Gasteiger partial charge in [-0.2, -0.15) is 13.2 Å². The van der Waals surface area contributed by atoms with Gasteiger partial charge < -0.3 is 11.1 Å². The predicted molar refractivity (Wildman–Crippen MR) is 85.6 cm³/mol. The van der Waals surface area contributed by atoms with Gasteiger partial charge in [-0.1, -0.05) is 18.2 Å². The number of carbonyl (C=O) groups excluding carboxylic acids is 1. The molecule has 122 valence electrons. The number of hydrogen-bond acceptors (Lipinski definition) is 3. The van der Waals surface area contributed by atoms with Crippen molar-refractivity contribution in [3.63, 3.8) is 0 Å². The van der Waals surface area contributed by atoms with Crippen molar-refractivity contribution in [2.75, 3.05) is 11.1 Å². The lowest BCUT2D eigenvalue weighted by atomic mass is 10.1. The van der Waals surface area contributed by atoms with Crippen LogP contribution in [0.15, 0.2) is 54.7 Å². The van der Waals surface area contributed by atoms with Crippen molar-refractivity contribution in [2.24, 2.45) is 0 Å². The zero-order chi connectivity index (χ0) is 17.3. The van der Waals surface area contributed by atoms with E-state index >= 15 is 0 Å². The van der Waals surface area contributed by atoms with Gasteiger partial charge in [0.15, 0.2) is 0 Å². The summed E-state index contributed by atoms with van der Waals surface area (Å²) in [5.41, 5.74) is 5.48. The number of nitrogens with one attached hydrogen (secondary N) is 1. The quantitative estimate of drug-likeness (QED) is 0.695. The zero-order valence-electron chi connectivity index (χ0n) is 12.3. The SMILES string of the molecule is Nc1cc(C(F)(F)F)ccc1C(=O)Nc1cccc2cccnc12. The number of aromatic nitrogens is 1. The lowest BCUT2D eigenvalue weighted by Crippen LogP contribution is -2.15. The molecule has 0 radical (unpaired) electrons. The van der Waals surface area contributed by atoms with Crippen LogP contribution in [0.5, 0.6) is 0 Å². The van der Waals surface area contributed by atoms with E-state index in [4.69, 9.17) is 5.73 Å². The summed E-state index contributed by atoms with van der Waals surface area (Å²) in [4.78, 5) is 16.5. The summed E-state index contributed by atoms with van der Waals surface area (Å²) in [5, 5.41) is 3.47. The van der Waals surface area contributed by atoms with Gasteiger partial charge >= 0.3 is 6.18 Å². The molecule has 3 aromatic rings. The Bertz CT molecular complexity index is 917. The molecule has 0 unspecified atom stereocenters. The van der Waals surface area contributed by atoms with E-state index in [1.54, 1.807) is 24.4 Å². The van der Waals surface area contributed by atoms with Crippen LogP contribution in [0.3, 0.4) is 0 Å². The second kappa shape index (κ2) is 5.84. The maximum Gasteiger partial charge on any atom is 0.416 e. The fourth-order valence-corrected chi connectivity index (χ4v) is 2.34. The Kier molecular flexibility index (Phi) is 3.84. The Morgan fingerprint density at radius 3 is 2.54 bits per heavy atom. The Morgan fingerprint density at radius 1 is 1.08 bits per heavy atom. The van der Waals surface area contributed by atoms with Gasteiger partial charge in [0.25, 0.3) is 5.91 Å². The molecule has 3 N–H and O–H groups in total. The number of nitrogen functional groups attached to an aromatic ring is 1. The number of nitrogens with zero attached hydrogens (tertiary/aromatic N) is 1. The molecular formula is C17H12F3N3O. The van der Waals surface area contributed by atoms with Crippen molar-refractivity contribution in [1.82, 2.24) is 4.98 Å². The minimum absolute atomic E-state index is 0.0315. The van der Waals surface area contributed by atoms with Gasteiger partial charge in [0.1, 0.15) is 0 Å². The molecular weight excluding hydrogens is 319 g/mol. The number of carbonyl (C=O) groups is 1. The van der Waals surface area contributed by atoms with Crippen LogP contribution in [0.25, 0.3) is 10.9 Å². The molecule has 1 aromatic heterocycles. The molecule has 0 bridgehead atoms. The summed E-state index contributed by atoms with van der Waals surface area (Å²) in [6, 6.07) is 11.5. The Morgan fingerprint density at radius 2 is 1.83 bits per heavy atom. The highest BCUT2D eigenvalue weighted by molar-refractivity contribution is 6.10. The predicted octanol–water partition coefficient (Wildman–Crippen LogP) is 4.09. The number of nitrogens with two attached hydrogens (primary N) is 1. The summed E-state index contributed by atoms with van der Waals surface area (Å²) in [6.07, 6.45) is -2.92. The van der Waals surface area contributed by atoms with E-state index < -0.39 is 17.6 Å². The van der Waals surface area contributed by atoms with Crippen molar-refractivity contribution >= 4 is 28.2 Å². The number of hydrogen-bond donors (Lipinski definition) is 2. The molecule has 4 nitrogen and oxygen atoms in total. The molecule has 0 spiro atoms. The van der Waals surface area contributed by atoms with Crippen LogP contribution in [-0.2, 0) is 6.18 Å². The molecule has 0 fully saturated rings. The molecule has 0 aliphatic rings. The Hall–Kier alpha value is -3.09. The molecule has 2 aromatic carbocycles. The van der Waals surface area contributed by atoms with Crippen molar-refractivity contribution in [3.8, 4) is 0 Å². The largest absolute Gasteiger partial charge is 0.416 e. The number of para-hydroxylation sites is 1. The van der Waals surface area contributed by atoms with E-state index in [2.05, 4.69) is 10.3 Å². The van der Waals surface area contributed by atoms with E-state index in [0.29, 0.717) is 11.2 Å². The fourth-order valence-electron chi connectivity index (χ4n) is 2.34. The minimum Gasteiger partial charge on any atom is -0.398 e. The molecule has 1 heterocycles. The molecule has 7 heteroatoms. The van der Waals surface area contributed by atoms with Gasteiger partial charge in [-0.3, -0.25) is 9.78 Å². The molecule has 24 heavy (non-hydrogen) atoms. The first-order valence-electron chi connectivity index (χ1n) is 6.98. The first-order valence-corrected chi connectivity index (χ1v) is 6.98. The van der Waals surface area contributed by atoms with Crippen molar-refractivity contribution < 1.29 is 18.0 Å². The van der Waals surface area contributed by atoms with E-state index in [9.17, 15) is 18.0 Å². The number of anilines is 2. The van der Waals surface area contributed by atoms with Crippen molar-refractivity contribution in [2.45, 2.75) is 6.18 Å². The minimum atomic E-state index is -4.51. The number of fused-ring (bicyclic) bond motifs is 1. The van der Waals surface area contributed by atoms with Crippen LogP contribution in [-0.4, -0.2) is 10.9 Å². The van der Waals surface area contributed by atoms with Gasteiger partial charge in [0, 0.05) is 17.3 Å². The molecule has 0 saturated carbocycles. The second-order valence-corrected chi connectivity index (χ2v) is 5.13. The zero-order valence-corrected chi connectivity index (χ0v) is 12.3. The van der Waals surface area contributed by atoms with Crippen LogP contribution < -0.4 is 11.1 Å². The lowest BCUT2D eigenvalue weighted by Gasteiger charge is -2.12. The number of benzene rings is 2. The highest BCUT2D eigenvalue weighted by Gasteiger charge is 2.31. The van der Waals surface area contributed by atoms with E-state index in [1.807, 2.05) is 12.1 Å². The van der Waals surface area contributed by atoms with Gasteiger partial charge in [-0.25, -0.2) is 0 Å². The summed E-state index contributed by atoms with van der Waals surface area (Å²) in [5.74, 6) is -0.598. The Balaban J connectivity index is 1.92. The van der Waals surface area contributed by atoms with Gasteiger partial charge in [0.2, 0.25) is 0 Å². The van der Waals surface area contributed by atoms with Crippen molar-refractivity contribution in [1.29, 1.82) is 0 Å². The van der Waals surface area contributed by atoms with E-state index in [-0.39, 0.29) is 11.3 Å². The van der Waals surface area contributed by atoms with Gasteiger partial charge in [0.05, 0.1) is 22.3 Å². The number of halogens is 3. The summed E-state index contributed by atoms with van der Waals surface area (Å²) < 4.78 is 38.0. The summed E-state index contributed by atoms with van der Waals surface area (Å²) >= 11 is 0. The number of pyridine rings is 1. The molecule has 1 amide bonds. The molecule has 0 saturated heterocycles. The highest BCUT2D eigenvalue weighted by atomic mass is 19.4. The van der Waals surface area contributed by atoms with E-state index in [1.165, 1.54) is 0 Å². The first kappa shape index (κ1) is 15.8.